The quantitative estimate of drug-likeness (QED) is 0.354. The number of hydrogen-bond donors (Lipinski definition) is 0. The van der Waals surface area contributed by atoms with E-state index in [0.717, 1.165) is 11.8 Å². The van der Waals surface area contributed by atoms with Crippen LogP contribution in [0.5, 0.6) is 5.75 Å². The van der Waals surface area contributed by atoms with Gasteiger partial charge in [-0.1, -0.05) is 39.1 Å². The predicted molar refractivity (Wildman–Crippen MR) is 67.0 cm³/mol. The molecule has 0 fully saturated rings. The molecule has 0 radical (unpaired) electrons. The SMILES string of the molecule is O=[N+]([O-])c1cc(Cl)c(OCCCBr)c(Cl)c1. The summed E-state index contributed by atoms with van der Waals surface area (Å²) in [6, 6.07) is 2.44. The summed E-state index contributed by atoms with van der Waals surface area (Å²) in [5, 5.41) is 11.6. The average molecular weight is 329 g/mol. The highest BCUT2D eigenvalue weighted by Crippen LogP contribution is 2.36. The molecular weight excluding hydrogens is 321 g/mol. The Morgan fingerprint density at radius 1 is 1.38 bits per heavy atom. The van der Waals surface area contributed by atoms with Crippen LogP contribution in [0.3, 0.4) is 0 Å². The van der Waals surface area contributed by atoms with Crippen LogP contribution in [-0.4, -0.2) is 16.9 Å². The minimum absolute atomic E-state index is 0.147. The second-order valence-electron chi connectivity index (χ2n) is 2.89. The van der Waals surface area contributed by atoms with Gasteiger partial charge in [-0.25, -0.2) is 0 Å². The number of nitrogens with zero attached hydrogens (tertiary/aromatic N) is 1. The van der Waals surface area contributed by atoms with Crippen molar-refractivity contribution in [2.45, 2.75) is 6.42 Å². The van der Waals surface area contributed by atoms with Crippen molar-refractivity contribution in [3.05, 3.63) is 32.3 Å². The molecule has 88 valence electrons. The van der Waals surface area contributed by atoms with Gasteiger partial charge in [0.25, 0.3) is 5.69 Å². The third-order valence-electron chi connectivity index (χ3n) is 1.72. The first-order chi connectivity index (χ1) is 7.56. The summed E-state index contributed by atoms with van der Waals surface area (Å²) in [5.41, 5.74) is -0.150. The topological polar surface area (TPSA) is 52.4 Å². The maximum absolute atomic E-state index is 10.5. The van der Waals surface area contributed by atoms with Crippen LogP contribution in [0.15, 0.2) is 12.1 Å². The minimum Gasteiger partial charge on any atom is -0.490 e. The van der Waals surface area contributed by atoms with Crippen LogP contribution >= 0.6 is 39.1 Å². The van der Waals surface area contributed by atoms with Crippen molar-refractivity contribution >= 4 is 44.8 Å². The van der Waals surface area contributed by atoms with E-state index in [4.69, 9.17) is 27.9 Å². The summed E-state index contributed by atoms with van der Waals surface area (Å²) in [7, 11) is 0. The zero-order valence-corrected chi connectivity index (χ0v) is 11.2. The van der Waals surface area contributed by atoms with Crippen molar-refractivity contribution in [3.8, 4) is 5.75 Å². The van der Waals surface area contributed by atoms with Crippen molar-refractivity contribution in [2.24, 2.45) is 0 Å². The Hall–Kier alpha value is -0.520. The number of nitro benzene ring substituents is 1. The highest BCUT2D eigenvalue weighted by atomic mass is 79.9. The lowest BCUT2D eigenvalue weighted by atomic mass is 10.3. The number of benzene rings is 1. The fourth-order valence-electron chi connectivity index (χ4n) is 1.02. The molecule has 0 saturated heterocycles. The Balaban J connectivity index is 2.89. The zero-order valence-electron chi connectivity index (χ0n) is 8.08. The summed E-state index contributed by atoms with van der Waals surface area (Å²) >= 11 is 14.9. The number of nitro groups is 1. The summed E-state index contributed by atoms with van der Waals surface area (Å²) in [6.07, 6.45) is 0.795. The van der Waals surface area contributed by atoms with Gasteiger partial charge in [-0.2, -0.15) is 0 Å². The molecule has 0 bridgehead atoms. The number of ether oxygens (including phenoxy) is 1. The van der Waals surface area contributed by atoms with Crippen molar-refractivity contribution in [2.75, 3.05) is 11.9 Å². The normalized spacial score (nSPS) is 10.2. The molecule has 0 aliphatic carbocycles. The molecule has 7 heteroatoms. The fraction of sp³-hybridized carbons (Fsp3) is 0.333. The van der Waals surface area contributed by atoms with E-state index >= 15 is 0 Å². The number of alkyl halides is 1. The molecule has 0 aromatic heterocycles. The maximum Gasteiger partial charge on any atom is 0.272 e. The van der Waals surface area contributed by atoms with Gasteiger partial charge in [0, 0.05) is 17.5 Å². The lowest BCUT2D eigenvalue weighted by Crippen LogP contribution is -1.99. The van der Waals surface area contributed by atoms with Crippen molar-refractivity contribution in [3.63, 3.8) is 0 Å². The first-order valence-corrected chi connectivity index (χ1v) is 6.26. The fourth-order valence-corrected chi connectivity index (χ4v) is 1.83. The van der Waals surface area contributed by atoms with Gasteiger partial charge in [0.2, 0.25) is 0 Å². The van der Waals surface area contributed by atoms with Crippen LogP contribution in [0.4, 0.5) is 5.69 Å². The Labute approximate surface area is 111 Å². The monoisotopic (exact) mass is 327 g/mol. The van der Waals surface area contributed by atoms with Gasteiger partial charge < -0.3 is 4.74 Å². The molecule has 0 saturated carbocycles. The Morgan fingerprint density at radius 2 is 1.94 bits per heavy atom. The van der Waals surface area contributed by atoms with Gasteiger partial charge >= 0.3 is 0 Å². The molecule has 1 rings (SSSR count). The third-order valence-corrected chi connectivity index (χ3v) is 2.84. The van der Waals surface area contributed by atoms with Crippen LogP contribution in [-0.2, 0) is 0 Å². The van der Waals surface area contributed by atoms with E-state index in [9.17, 15) is 10.1 Å². The van der Waals surface area contributed by atoms with E-state index in [1.165, 1.54) is 12.1 Å². The number of rotatable bonds is 5. The second kappa shape index (κ2) is 6.27. The molecule has 0 aliphatic rings. The molecule has 4 nitrogen and oxygen atoms in total. The molecular formula is C9H8BrCl2NO3. The smallest absolute Gasteiger partial charge is 0.272 e. The van der Waals surface area contributed by atoms with Gasteiger partial charge in [-0.05, 0) is 6.42 Å². The zero-order chi connectivity index (χ0) is 12.1. The van der Waals surface area contributed by atoms with Crippen molar-refractivity contribution in [1.82, 2.24) is 0 Å². The number of halogens is 3. The first-order valence-electron chi connectivity index (χ1n) is 4.38. The van der Waals surface area contributed by atoms with Crippen LogP contribution in [0.1, 0.15) is 6.42 Å². The maximum atomic E-state index is 10.5. The highest BCUT2D eigenvalue weighted by Gasteiger charge is 2.15. The van der Waals surface area contributed by atoms with Crippen LogP contribution < -0.4 is 4.74 Å². The third kappa shape index (κ3) is 3.50. The molecule has 1 aromatic carbocycles. The molecule has 0 aliphatic heterocycles. The highest BCUT2D eigenvalue weighted by molar-refractivity contribution is 9.09. The Kier molecular flexibility index (Phi) is 5.31. The number of hydrogen-bond acceptors (Lipinski definition) is 3. The van der Waals surface area contributed by atoms with Crippen molar-refractivity contribution < 1.29 is 9.66 Å². The van der Waals surface area contributed by atoms with E-state index in [-0.39, 0.29) is 21.5 Å². The Morgan fingerprint density at radius 3 is 2.38 bits per heavy atom. The lowest BCUT2D eigenvalue weighted by Gasteiger charge is -2.08. The molecule has 0 atom stereocenters. The van der Waals surface area contributed by atoms with E-state index in [0.29, 0.717) is 6.61 Å². The van der Waals surface area contributed by atoms with Gasteiger partial charge in [-0.15, -0.1) is 0 Å². The van der Waals surface area contributed by atoms with E-state index in [2.05, 4.69) is 15.9 Å². The lowest BCUT2D eigenvalue weighted by molar-refractivity contribution is -0.384. The molecule has 0 spiro atoms. The second-order valence-corrected chi connectivity index (χ2v) is 4.49. The predicted octanol–water partition coefficient (Wildman–Crippen LogP) is 4.07. The van der Waals surface area contributed by atoms with E-state index in [1.807, 2.05) is 0 Å². The van der Waals surface area contributed by atoms with Crippen molar-refractivity contribution in [1.29, 1.82) is 0 Å². The molecule has 0 amide bonds. The van der Waals surface area contributed by atoms with Crippen LogP contribution in [0.25, 0.3) is 0 Å². The molecule has 0 heterocycles. The molecule has 0 N–H and O–H groups in total. The molecule has 0 unspecified atom stereocenters. The summed E-state index contributed by atoms with van der Waals surface area (Å²) in [5.74, 6) is 0.287. The average Bonchev–Trinajstić information content (AvgIpc) is 2.21. The molecule has 16 heavy (non-hydrogen) atoms. The summed E-state index contributed by atoms with van der Waals surface area (Å²) < 4.78 is 5.33. The standard InChI is InChI=1S/C9H8BrCl2NO3/c10-2-1-3-16-9-7(11)4-6(13(14)15)5-8(9)12/h4-5H,1-3H2. The summed E-state index contributed by atoms with van der Waals surface area (Å²) in [4.78, 5) is 9.96. The van der Waals surface area contributed by atoms with Crippen LogP contribution in [0, 0.1) is 10.1 Å². The first kappa shape index (κ1) is 13.5. The van der Waals surface area contributed by atoms with Gasteiger partial charge in [-0.3, -0.25) is 10.1 Å². The largest absolute Gasteiger partial charge is 0.490 e. The van der Waals surface area contributed by atoms with E-state index in [1.54, 1.807) is 0 Å². The Bertz CT molecular complexity index is 377. The minimum atomic E-state index is -0.556. The van der Waals surface area contributed by atoms with Gasteiger partial charge in [0.15, 0.2) is 5.75 Å². The summed E-state index contributed by atoms with van der Waals surface area (Å²) in [6.45, 7) is 0.447. The van der Waals surface area contributed by atoms with Crippen LogP contribution in [0.2, 0.25) is 10.0 Å². The van der Waals surface area contributed by atoms with Gasteiger partial charge in [0.1, 0.15) is 0 Å². The van der Waals surface area contributed by atoms with Gasteiger partial charge in [0.05, 0.1) is 21.6 Å². The molecule has 1 aromatic rings. The number of non-ortho nitro benzene ring substituents is 1. The van der Waals surface area contributed by atoms with E-state index < -0.39 is 4.92 Å².